The Morgan fingerprint density at radius 2 is 1.76 bits per heavy atom. The number of amides is 1. The first kappa shape index (κ1) is 28.5. The average Bonchev–Trinajstić information content (AvgIpc) is 3.75. The molecule has 0 bridgehead atoms. The van der Waals surface area contributed by atoms with Crippen LogP contribution in [0.25, 0.3) is 22.4 Å². The zero-order valence-electron chi connectivity index (χ0n) is 22.8. The van der Waals surface area contributed by atoms with Gasteiger partial charge in [-0.15, -0.1) is 0 Å². The number of benzene rings is 2. The number of furan rings is 1. The van der Waals surface area contributed by atoms with E-state index in [1.54, 1.807) is 7.05 Å². The van der Waals surface area contributed by atoms with Gasteiger partial charge in [-0.2, -0.15) is 4.31 Å². The van der Waals surface area contributed by atoms with Crippen molar-refractivity contribution < 1.29 is 27.5 Å². The van der Waals surface area contributed by atoms with E-state index >= 15 is 0 Å². The number of thiol groups is 1. The number of hydrogen-bond donors (Lipinski definition) is 3. The van der Waals surface area contributed by atoms with Crippen molar-refractivity contribution in [2.75, 3.05) is 13.6 Å². The third kappa shape index (κ3) is 6.83. The van der Waals surface area contributed by atoms with Crippen LogP contribution in [0, 0.1) is 0 Å². The van der Waals surface area contributed by atoms with E-state index in [0.717, 1.165) is 36.0 Å². The SMILES string of the molecule is CNC(=O)c1c(-c2ccc(Cc3ccccc3)cc2)oc2nc(CN(CCCCC(=O)O)[SH](=O)=O)c(C3CC3)cc12. The number of aliphatic carboxylic acids is 1. The predicted octanol–water partition coefficient (Wildman–Crippen LogP) is 4.91. The van der Waals surface area contributed by atoms with Crippen molar-refractivity contribution in [3.05, 3.63) is 88.6 Å². The second-order valence-electron chi connectivity index (χ2n) is 10.4. The van der Waals surface area contributed by atoms with Crippen LogP contribution in [-0.2, 0) is 28.7 Å². The Morgan fingerprint density at radius 1 is 1.05 bits per heavy atom. The van der Waals surface area contributed by atoms with Crippen LogP contribution in [0.4, 0.5) is 0 Å². The van der Waals surface area contributed by atoms with Crippen molar-refractivity contribution in [3.63, 3.8) is 0 Å². The largest absolute Gasteiger partial charge is 0.481 e. The number of nitrogens with one attached hydrogen (secondary N) is 1. The standard InChI is InChI=1S/C31H33N3O6S/c1-32-30(37)28-25-18-24(22-14-15-22)26(19-34(41(38)39)16-6-5-9-27(35)36)33-31(25)40-29(28)23-12-10-21(11-13-23)17-20-7-3-2-4-8-20/h2-4,7-8,10-13,18,22,41H,5-6,9,14-17,19H2,1H3,(H,32,37)(H,35,36). The summed E-state index contributed by atoms with van der Waals surface area (Å²) in [6.45, 7) is 0.269. The molecule has 2 heterocycles. The van der Waals surface area contributed by atoms with Crippen LogP contribution in [0.2, 0.25) is 0 Å². The summed E-state index contributed by atoms with van der Waals surface area (Å²) in [5.74, 6) is -0.533. The molecule has 9 nitrogen and oxygen atoms in total. The van der Waals surface area contributed by atoms with E-state index in [9.17, 15) is 18.0 Å². The first-order valence-electron chi connectivity index (χ1n) is 13.8. The van der Waals surface area contributed by atoms with Crippen molar-refractivity contribution in [3.8, 4) is 11.3 Å². The summed E-state index contributed by atoms with van der Waals surface area (Å²) in [4.78, 5) is 28.7. The van der Waals surface area contributed by atoms with Gasteiger partial charge in [0, 0.05) is 25.6 Å². The van der Waals surface area contributed by atoms with Crippen molar-refractivity contribution in [2.24, 2.45) is 0 Å². The lowest BCUT2D eigenvalue weighted by Crippen LogP contribution is -2.24. The molecule has 5 rings (SSSR count). The number of hydrogen-bond acceptors (Lipinski definition) is 6. The maximum absolute atomic E-state index is 13.1. The minimum absolute atomic E-state index is 0.00824. The van der Waals surface area contributed by atoms with Crippen LogP contribution < -0.4 is 5.32 Å². The fraction of sp³-hybridized carbons (Fsp3) is 0.323. The Labute approximate surface area is 240 Å². The van der Waals surface area contributed by atoms with Gasteiger partial charge in [0.25, 0.3) is 5.91 Å². The van der Waals surface area contributed by atoms with Crippen molar-refractivity contribution >= 4 is 33.9 Å². The minimum Gasteiger partial charge on any atom is -0.481 e. The molecule has 1 saturated carbocycles. The molecule has 0 saturated heterocycles. The summed E-state index contributed by atoms with van der Waals surface area (Å²) >= 11 is 0. The van der Waals surface area contributed by atoms with Gasteiger partial charge in [-0.3, -0.25) is 9.59 Å². The molecule has 2 aromatic carbocycles. The normalized spacial score (nSPS) is 13.2. The minimum atomic E-state index is -2.89. The molecule has 2 N–H and O–H groups in total. The molecule has 0 unspecified atom stereocenters. The van der Waals surface area contributed by atoms with Gasteiger partial charge < -0.3 is 14.8 Å². The molecular formula is C31H33N3O6S. The predicted molar refractivity (Wildman–Crippen MR) is 156 cm³/mol. The molecular weight excluding hydrogens is 542 g/mol. The van der Waals surface area contributed by atoms with Gasteiger partial charge in [-0.1, -0.05) is 54.6 Å². The molecule has 1 aliphatic rings. The molecule has 0 aliphatic heterocycles. The van der Waals surface area contributed by atoms with Gasteiger partial charge in [0.1, 0.15) is 5.76 Å². The first-order valence-corrected chi connectivity index (χ1v) is 14.9. The summed E-state index contributed by atoms with van der Waals surface area (Å²) in [5.41, 5.74) is 5.27. The molecule has 41 heavy (non-hydrogen) atoms. The number of carboxylic acids is 1. The Morgan fingerprint density at radius 3 is 2.39 bits per heavy atom. The highest BCUT2D eigenvalue weighted by molar-refractivity contribution is 7.69. The lowest BCUT2D eigenvalue weighted by molar-refractivity contribution is -0.137. The second-order valence-corrected chi connectivity index (χ2v) is 11.4. The number of fused-ring (bicyclic) bond motifs is 1. The number of carboxylic acid groups (broad SMARTS) is 1. The van der Waals surface area contributed by atoms with Crippen LogP contribution in [0.5, 0.6) is 0 Å². The summed E-state index contributed by atoms with van der Waals surface area (Å²) in [6.07, 6.45) is 3.52. The molecule has 1 amide bonds. The molecule has 0 radical (unpaired) electrons. The van der Waals surface area contributed by atoms with Gasteiger partial charge in [0.15, 0.2) is 0 Å². The summed E-state index contributed by atoms with van der Waals surface area (Å²) in [7, 11) is -1.32. The molecule has 1 aliphatic carbocycles. The van der Waals surface area contributed by atoms with E-state index < -0.39 is 16.9 Å². The maximum Gasteiger partial charge on any atom is 0.303 e. The highest BCUT2D eigenvalue weighted by atomic mass is 32.2. The Kier molecular flexibility index (Phi) is 8.80. The van der Waals surface area contributed by atoms with E-state index in [1.807, 2.05) is 48.5 Å². The third-order valence-corrected chi connectivity index (χ3v) is 8.16. The summed E-state index contributed by atoms with van der Waals surface area (Å²) < 4.78 is 31.6. The topological polar surface area (TPSA) is 130 Å². The molecule has 10 heteroatoms. The average molecular weight is 576 g/mol. The van der Waals surface area contributed by atoms with E-state index in [2.05, 4.69) is 17.4 Å². The van der Waals surface area contributed by atoms with Gasteiger partial charge in [-0.05, 0) is 60.8 Å². The van der Waals surface area contributed by atoms with Crippen LogP contribution in [0.3, 0.4) is 0 Å². The molecule has 0 atom stereocenters. The first-order chi connectivity index (χ1) is 19.8. The molecule has 214 valence electrons. The molecule has 1 fully saturated rings. The van der Waals surface area contributed by atoms with Crippen LogP contribution >= 0.6 is 0 Å². The Balaban J connectivity index is 1.49. The van der Waals surface area contributed by atoms with Gasteiger partial charge in [-0.25, -0.2) is 13.4 Å². The molecule has 2 aromatic heterocycles. The smallest absolute Gasteiger partial charge is 0.303 e. The molecule has 4 aromatic rings. The summed E-state index contributed by atoms with van der Waals surface area (Å²) in [6, 6.07) is 20.0. The number of aromatic nitrogens is 1. The zero-order valence-corrected chi connectivity index (χ0v) is 23.7. The van der Waals surface area contributed by atoms with Crippen molar-refractivity contribution in [2.45, 2.75) is 51.0 Å². The number of nitrogens with zero attached hydrogens (tertiary/aromatic N) is 2. The maximum atomic E-state index is 13.1. The highest BCUT2D eigenvalue weighted by Crippen LogP contribution is 2.44. The highest BCUT2D eigenvalue weighted by Gasteiger charge is 2.31. The fourth-order valence-corrected chi connectivity index (χ4v) is 5.62. The van der Waals surface area contributed by atoms with Gasteiger partial charge in [0.05, 0.1) is 23.2 Å². The lowest BCUT2D eigenvalue weighted by Gasteiger charge is -2.17. The Bertz CT molecular complexity index is 1620. The van der Waals surface area contributed by atoms with Crippen molar-refractivity contribution in [1.29, 1.82) is 0 Å². The van der Waals surface area contributed by atoms with Gasteiger partial charge >= 0.3 is 5.97 Å². The van der Waals surface area contributed by atoms with Gasteiger partial charge in [0.2, 0.25) is 16.6 Å². The number of carbonyl (C=O) groups excluding carboxylic acids is 1. The number of rotatable bonds is 13. The van der Waals surface area contributed by atoms with Crippen molar-refractivity contribution in [1.82, 2.24) is 14.6 Å². The monoisotopic (exact) mass is 575 g/mol. The van der Waals surface area contributed by atoms with Crippen LogP contribution in [0.1, 0.15) is 70.8 Å². The van der Waals surface area contributed by atoms with Crippen LogP contribution in [0.15, 0.2) is 65.1 Å². The van der Waals surface area contributed by atoms with E-state index in [4.69, 9.17) is 14.5 Å². The second kappa shape index (κ2) is 12.7. The van der Waals surface area contributed by atoms with E-state index in [0.29, 0.717) is 35.2 Å². The fourth-order valence-electron chi connectivity index (χ4n) is 5.07. The third-order valence-electron chi connectivity index (χ3n) is 7.35. The Hall–Kier alpha value is -4.02. The summed E-state index contributed by atoms with van der Waals surface area (Å²) in [5, 5.41) is 12.2. The number of unbranched alkanes of at least 4 members (excludes halogenated alkanes) is 1. The van der Waals surface area contributed by atoms with E-state index in [1.165, 1.54) is 9.87 Å². The number of pyridine rings is 1. The quantitative estimate of drug-likeness (QED) is 0.153. The lowest BCUT2D eigenvalue weighted by atomic mass is 9.99. The zero-order chi connectivity index (χ0) is 28.9. The van der Waals surface area contributed by atoms with Crippen LogP contribution in [-0.4, -0.2) is 48.3 Å². The number of carbonyl (C=O) groups is 2. The molecule has 0 spiro atoms. The van der Waals surface area contributed by atoms with E-state index in [-0.39, 0.29) is 37.0 Å².